The van der Waals surface area contributed by atoms with Crippen LogP contribution in [0.3, 0.4) is 0 Å². The highest BCUT2D eigenvalue weighted by Crippen LogP contribution is 2.58. The van der Waals surface area contributed by atoms with E-state index in [-0.39, 0.29) is 22.9 Å². The van der Waals surface area contributed by atoms with E-state index >= 15 is 0 Å². The second-order valence-electron chi connectivity index (χ2n) is 8.78. The predicted octanol–water partition coefficient (Wildman–Crippen LogP) is 4.36. The molecule has 2 saturated carbocycles. The number of ether oxygens (including phenoxy) is 1. The first kappa shape index (κ1) is 16.8. The maximum atomic E-state index is 11.2. The number of phenols is 1. The fourth-order valence-electron chi connectivity index (χ4n) is 4.62. The summed E-state index contributed by atoms with van der Waals surface area (Å²) in [4.78, 5) is 0. The maximum absolute atomic E-state index is 11.2. The van der Waals surface area contributed by atoms with Gasteiger partial charge in [-0.15, -0.1) is 0 Å². The Labute approximate surface area is 139 Å². The predicted molar refractivity (Wildman–Crippen MR) is 91.3 cm³/mol. The smallest absolute Gasteiger partial charge is 0.115 e. The average Bonchev–Trinajstić information content (AvgIpc) is 2.75. The minimum atomic E-state index is -0.769. The standard InChI is InChI=1S/C20H30O3/c1-18(2,3)23-17-10-7-15-13-20(22,12-11-19(15,17)4)14-5-8-16(21)9-6-14/h5-6,8-9,15,17,21-22H,7,10-13H2,1-4H3/t15-,17-,19-,20+/m0/s1. The van der Waals surface area contributed by atoms with E-state index in [2.05, 4.69) is 27.7 Å². The van der Waals surface area contributed by atoms with Gasteiger partial charge in [0, 0.05) is 0 Å². The second-order valence-corrected chi connectivity index (χ2v) is 8.78. The zero-order valence-electron chi connectivity index (χ0n) is 14.8. The minimum absolute atomic E-state index is 0.118. The van der Waals surface area contributed by atoms with E-state index in [0.29, 0.717) is 5.92 Å². The number of aromatic hydroxyl groups is 1. The molecule has 3 nitrogen and oxygen atoms in total. The summed E-state index contributed by atoms with van der Waals surface area (Å²) >= 11 is 0. The summed E-state index contributed by atoms with van der Waals surface area (Å²) in [7, 11) is 0. The van der Waals surface area contributed by atoms with Gasteiger partial charge in [-0.2, -0.15) is 0 Å². The van der Waals surface area contributed by atoms with Crippen molar-refractivity contribution in [3.05, 3.63) is 29.8 Å². The zero-order chi connectivity index (χ0) is 16.9. The molecule has 0 saturated heterocycles. The SMILES string of the molecule is CC(C)(C)O[C@H]1CC[C@H]2C[C@@](O)(c3ccc(O)cc3)CC[C@@]21C. The van der Waals surface area contributed by atoms with Crippen molar-refractivity contribution < 1.29 is 14.9 Å². The van der Waals surface area contributed by atoms with E-state index in [4.69, 9.17) is 4.74 Å². The van der Waals surface area contributed by atoms with Gasteiger partial charge in [0.2, 0.25) is 0 Å². The molecule has 1 aromatic rings. The third-order valence-electron chi connectivity index (χ3n) is 6.01. The minimum Gasteiger partial charge on any atom is -0.508 e. The Morgan fingerprint density at radius 2 is 1.74 bits per heavy atom. The molecule has 2 N–H and O–H groups in total. The quantitative estimate of drug-likeness (QED) is 0.851. The Morgan fingerprint density at radius 3 is 2.35 bits per heavy atom. The molecule has 0 amide bonds. The van der Waals surface area contributed by atoms with Gasteiger partial charge in [-0.3, -0.25) is 0 Å². The monoisotopic (exact) mass is 318 g/mol. The van der Waals surface area contributed by atoms with E-state index in [9.17, 15) is 10.2 Å². The van der Waals surface area contributed by atoms with Crippen molar-refractivity contribution in [2.45, 2.75) is 77.1 Å². The number of phenolic OH excluding ortho intramolecular Hbond substituents is 1. The van der Waals surface area contributed by atoms with Crippen LogP contribution in [0.4, 0.5) is 0 Å². The van der Waals surface area contributed by atoms with Crippen molar-refractivity contribution in [1.29, 1.82) is 0 Å². The first-order valence-corrected chi connectivity index (χ1v) is 8.82. The molecule has 0 bridgehead atoms. The van der Waals surface area contributed by atoms with E-state index < -0.39 is 5.60 Å². The van der Waals surface area contributed by atoms with Gasteiger partial charge >= 0.3 is 0 Å². The fraction of sp³-hybridized carbons (Fsp3) is 0.700. The van der Waals surface area contributed by atoms with Gasteiger partial charge in [0.05, 0.1) is 17.3 Å². The van der Waals surface area contributed by atoms with Crippen molar-refractivity contribution in [3.8, 4) is 5.75 Å². The molecule has 128 valence electrons. The number of benzene rings is 1. The number of aliphatic hydroxyl groups is 1. The lowest BCUT2D eigenvalue weighted by atomic mass is 9.62. The number of hydrogen-bond donors (Lipinski definition) is 2. The summed E-state index contributed by atoms with van der Waals surface area (Å²) in [6.45, 7) is 8.72. The molecule has 23 heavy (non-hydrogen) atoms. The molecular weight excluding hydrogens is 288 g/mol. The lowest BCUT2D eigenvalue weighted by molar-refractivity contribution is -0.140. The van der Waals surface area contributed by atoms with Gasteiger partial charge in [-0.25, -0.2) is 0 Å². The normalized spacial score (nSPS) is 37.6. The molecule has 2 aliphatic rings. The van der Waals surface area contributed by atoms with Gasteiger partial charge in [0.25, 0.3) is 0 Å². The summed E-state index contributed by atoms with van der Waals surface area (Å²) < 4.78 is 6.35. The largest absolute Gasteiger partial charge is 0.508 e. The molecule has 0 radical (unpaired) electrons. The summed E-state index contributed by atoms with van der Waals surface area (Å²) in [6.07, 6.45) is 5.03. The molecule has 1 aromatic carbocycles. The van der Waals surface area contributed by atoms with E-state index in [1.165, 1.54) is 0 Å². The number of rotatable bonds is 2. The first-order valence-electron chi connectivity index (χ1n) is 8.82. The Morgan fingerprint density at radius 1 is 1.09 bits per heavy atom. The van der Waals surface area contributed by atoms with Crippen LogP contribution in [0.25, 0.3) is 0 Å². The zero-order valence-corrected chi connectivity index (χ0v) is 14.8. The number of fused-ring (bicyclic) bond motifs is 1. The topological polar surface area (TPSA) is 49.7 Å². The van der Waals surface area contributed by atoms with Gasteiger partial charge < -0.3 is 14.9 Å². The van der Waals surface area contributed by atoms with Crippen molar-refractivity contribution in [3.63, 3.8) is 0 Å². The highest BCUT2D eigenvalue weighted by Gasteiger charge is 2.54. The average molecular weight is 318 g/mol. The van der Waals surface area contributed by atoms with Crippen LogP contribution in [0.1, 0.15) is 65.4 Å². The van der Waals surface area contributed by atoms with Crippen LogP contribution in [0, 0.1) is 11.3 Å². The highest BCUT2D eigenvalue weighted by molar-refractivity contribution is 5.31. The molecule has 0 spiro atoms. The summed E-state index contributed by atoms with van der Waals surface area (Å²) in [5.74, 6) is 0.736. The molecule has 0 aliphatic heterocycles. The van der Waals surface area contributed by atoms with Crippen LogP contribution >= 0.6 is 0 Å². The van der Waals surface area contributed by atoms with Crippen molar-refractivity contribution in [1.82, 2.24) is 0 Å². The molecule has 0 unspecified atom stereocenters. The van der Waals surface area contributed by atoms with Crippen LogP contribution in [-0.2, 0) is 10.3 Å². The van der Waals surface area contributed by atoms with E-state index in [1.807, 2.05) is 12.1 Å². The third kappa shape index (κ3) is 3.14. The highest BCUT2D eigenvalue weighted by atomic mass is 16.5. The molecule has 0 heterocycles. The fourth-order valence-corrected chi connectivity index (χ4v) is 4.62. The Balaban J connectivity index is 1.79. The molecule has 3 rings (SSSR count). The maximum Gasteiger partial charge on any atom is 0.115 e. The van der Waals surface area contributed by atoms with Gasteiger partial charge in [-0.1, -0.05) is 19.1 Å². The molecule has 0 aromatic heterocycles. The molecular formula is C20H30O3. The summed E-state index contributed by atoms with van der Waals surface area (Å²) in [5.41, 5.74) is 0.204. The van der Waals surface area contributed by atoms with Crippen molar-refractivity contribution in [2.24, 2.45) is 11.3 Å². The van der Waals surface area contributed by atoms with Crippen LogP contribution < -0.4 is 0 Å². The van der Waals surface area contributed by atoms with E-state index in [1.54, 1.807) is 12.1 Å². The first-order chi connectivity index (χ1) is 10.6. The Kier molecular flexibility index (Phi) is 4.01. The van der Waals surface area contributed by atoms with Gasteiger partial charge in [0.1, 0.15) is 5.75 Å². The van der Waals surface area contributed by atoms with Crippen LogP contribution in [0.15, 0.2) is 24.3 Å². The Hall–Kier alpha value is -1.06. The van der Waals surface area contributed by atoms with Crippen molar-refractivity contribution in [2.75, 3.05) is 0 Å². The molecule has 4 atom stereocenters. The lowest BCUT2D eigenvalue weighted by Crippen LogP contribution is -2.46. The van der Waals surface area contributed by atoms with Crippen LogP contribution in [0.2, 0.25) is 0 Å². The van der Waals surface area contributed by atoms with Crippen LogP contribution in [0.5, 0.6) is 5.75 Å². The Bertz CT molecular complexity index is 559. The molecule has 3 heteroatoms. The van der Waals surface area contributed by atoms with Gasteiger partial charge in [-0.05, 0) is 81.9 Å². The third-order valence-corrected chi connectivity index (χ3v) is 6.01. The lowest BCUT2D eigenvalue weighted by Gasteiger charge is -2.48. The molecule has 2 fully saturated rings. The van der Waals surface area contributed by atoms with Gasteiger partial charge in [0.15, 0.2) is 0 Å². The molecule has 2 aliphatic carbocycles. The van der Waals surface area contributed by atoms with Crippen LogP contribution in [-0.4, -0.2) is 21.9 Å². The second kappa shape index (κ2) is 5.49. The summed E-state index contributed by atoms with van der Waals surface area (Å²) in [5, 5.41) is 20.7. The number of hydrogen-bond acceptors (Lipinski definition) is 3. The van der Waals surface area contributed by atoms with Crippen molar-refractivity contribution >= 4 is 0 Å². The summed E-state index contributed by atoms with van der Waals surface area (Å²) in [6, 6.07) is 7.05. The van der Waals surface area contributed by atoms with E-state index in [0.717, 1.165) is 37.7 Å².